The van der Waals surface area contributed by atoms with Crippen molar-refractivity contribution in [3.05, 3.63) is 0 Å². The molecule has 0 spiro atoms. The summed E-state index contributed by atoms with van der Waals surface area (Å²) in [5.41, 5.74) is 0. The standard InChI is InChI=1S/C11H22N2O2.C9H18N2O2/c1-4-11(13-10(3)15)7-5-6-8-12-9(2)14;1-4-9(5-10-7(2)12)6-11-8(3)13/h11H,4-8H2,1-3H3,(H,12,14)(H,13,15);9H,4-6H2,1-3H3,(H,10,12)(H,11,13). The number of unbranched alkanes of at least 4 members (excludes halogenated alkanes) is 1. The Balaban J connectivity index is 0. The lowest BCUT2D eigenvalue weighted by Gasteiger charge is -2.15. The van der Waals surface area contributed by atoms with Crippen LogP contribution in [-0.2, 0) is 19.2 Å². The highest BCUT2D eigenvalue weighted by Crippen LogP contribution is 2.03. The predicted octanol–water partition coefficient (Wildman–Crippen LogP) is 1.49. The Kier molecular flexibility index (Phi) is 18.3. The number of carbonyl (C=O) groups is 4. The minimum absolute atomic E-state index is 0.0175. The molecule has 0 aromatic heterocycles. The average molecular weight is 401 g/mol. The van der Waals surface area contributed by atoms with E-state index < -0.39 is 0 Å². The molecule has 0 aliphatic rings. The number of amides is 4. The molecule has 0 fully saturated rings. The summed E-state index contributed by atoms with van der Waals surface area (Å²) >= 11 is 0. The molecule has 0 rings (SSSR count). The van der Waals surface area contributed by atoms with Crippen LogP contribution in [0.5, 0.6) is 0 Å². The van der Waals surface area contributed by atoms with Crippen molar-refractivity contribution in [1.82, 2.24) is 21.3 Å². The Labute approximate surface area is 170 Å². The number of hydrogen-bond acceptors (Lipinski definition) is 4. The molecule has 0 aromatic rings. The van der Waals surface area contributed by atoms with Gasteiger partial charge in [-0.25, -0.2) is 0 Å². The zero-order valence-corrected chi connectivity index (χ0v) is 18.4. The Morgan fingerprint density at radius 1 is 0.679 bits per heavy atom. The molecule has 28 heavy (non-hydrogen) atoms. The van der Waals surface area contributed by atoms with Gasteiger partial charge < -0.3 is 21.3 Å². The van der Waals surface area contributed by atoms with Crippen molar-refractivity contribution in [2.24, 2.45) is 5.92 Å². The van der Waals surface area contributed by atoms with E-state index in [1.807, 2.05) is 6.92 Å². The molecule has 8 nitrogen and oxygen atoms in total. The summed E-state index contributed by atoms with van der Waals surface area (Å²) in [6.45, 7) is 12.1. The molecule has 8 heteroatoms. The zero-order chi connectivity index (χ0) is 21.9. The third kappa shape index (κ3) is 21.9. The molecule has 0 aliphatic carbocycles. The highest BCUT2D eigenvalue weighted by atomic mass is 16.2. The number of carbonyl (C=O) groups excluding carboxylic acids is 4. The number of nitrogens with one attached hydrogen (secondary N) is 4. The van der Waals surface area contributed by atoms with Gasteiger partial charge in [0.2, 0.25) is 23.6 Å². The minimum atomic E-state index is -0.0266. The average Bonchev–Trinajstić information content (AvgIpc) is 2.60. The van der Waals surface area contributed by atoms with Gasteiger partial charge >= 0.3 is 0 Å². The lowest BCUT2D eigenvalue weighted by Crippen LogP contribution is -2.34. The molecule has 0 heterocycles. The molecule has 0 saturated heterocycles. The van der Waals surface area contributed by atoms with E-state index in [0.29, 0.717) is 19.0 Å². The molecular formula is C20H40N4O4. The van der Waals surface area contributed by atoms with Gasteiger partial charge in [-0.05, 0) is 38.0 Å². The fourth-order valence-electron chi connectivity index (χ4n) is 2.38. The first kappa shape index (κ1) is 28.1. The second-order valence-corrected chi connectivity index (χ2v) is 6.93. The molecule has 4 N–H and O–H groups in total. The molecule has 1 unspecified atom stereocenters. The summed E-state index contributed by atoms with van der Waals surface area (Å²) in [5, 5.41) is 11.1. The summed E-state index contributed by atoms with van der Waals surface area (Å²) < 4.78 is 0. The van der Waals surface area contributed by atoms with Gasteiger partial charge in [-0.15, -0.1) is 0 Å². The molecule has 0 aliphatic heterocycles. The van der Waals surface area contributed by atoms with Gasteiger partial charge in [0, 0.05) is 53.4 Å². The van der Waals surface area contributed by atoms with Gasteiger partial charge in [0.25, 0.3) is 0 Å². The maximum Gasteiger partial charge on any atom is 0.217 e. The molecule has 0 bridgehead atoms. The Hall–Kier alpha value is -2.12. The van der Waals surface area contributed by atoms with Crippen molar-refractivity contribution in [3.63, 3.8) is 0 Å². The Bertz CT molecular complexity index is 451. The molecule has 4 amide bonds. The fraction of sp³-hybridized carbons (Fsp3) is 0.800. The van der Waals surface area contributed by atoms with Gasteiger partial charge in [-0.1, -0.05) is 13.8 Å². The third-order valence-corrected chi connectivity index (χ3v) is 4.11. The quantitative estimate of drug-likeness (QED) is 0.371. The lowest BCUT2D eigenvalue weighted by molar-refractivity contribution is -0.120. The van der Waals surface area contributed by atoms with Crippen LogP contribution in [0.4, 0.5) is 0 Å². The monoisotopic (exact) mass is 400 g/mol. The van der Waals surface area contributed by atoms with Crippen LogP contribution in [0.2, 0.25) is 0 Å². The molecule has 0 aromatic carbocycles. The Morgan fingerprint density at radius 2 is 1.18 bits per heavy atom. The summed E-state index contributed by atoms with van der Waals surface area (Å²) in [6.07, 6.45) is 4.88. The van der Waals surface area contributed by atoms with Crippen LogP contribution < -0.4 is 21.3 Å². The van der Waals surface area contributed by atoms with Crippen molar-refractivity contribution in [3.8, 4) is 0 Å². The van der Waals surface area contributed by atoms with E-state index in [1.165, 1.54) is 20.8 Å². The SMILES string of the molecule is CCC(CCCCNC(C)=O)NC(C)=O.CCC(CNC(C)=O)CNC(C)=O. The van der Waals surface area contributed by atoms with E-state index in [0.717, 1.165) is 38.6 Å². The van der Waals surface area contributed by atoms with E-state index >= 15 is 0 Å². The van der Waals surface area contributed by atoms with Gasteiger partial charge in [0.1, 0.15) is 0 Å². The second kappa shape index (κ2) is 18.3. The summed E-state index contributed by atoms with van der Waals surface area (Å²) in [5.74, 6) is 0.322. The normalized spacial score (nSPS) is 11.0. The van der Waals surface area contributed by atoms with Crippen LogP contribution in [0.3, 0.4) is 0 Å². The van der Waals surface area contributed by atoms with Crippen LogP contribution in [0, 0.1) is 5.92 Å². The van der Waals surface area contributed by atoms with Crippen LogP contribution in [0.25, 0.3) is 0 Å². The molecule has 0 radical (unpaired) electrons. The molecular weight excluding hydrogens is 360 g/mol. The number of hydrogen-bond donors (Lipinski definition) is 4. The first-order valence-electron chi connectivity index (χ1n) is 10.1. The largest absolute Gasteiger partial charge is 0.356 e. The van der Waals surface area contributed by atoms with Gasteiger partial charge in [-0.3, -0.25) is 19.2 Å². The van der Waals surface area contributed by atoms with E-state index in [9.17, 15) is 19.2 Å². The summed E-state index contributed by atoms with van der Waals surface area (Å²) in [6, 6.07) is 0.278. The van der Waals surface area contributed by atoms with E-state index in [2.05, 4.69) is 28.2 Å². The lowest BCUT2D eigenvalue weighted by atomic mass is 10.1. The highest BCUT2D eigenvalue weighted by Gasteiger charge is 2.07. The third-order valence-electron chi connectivity index (χ3n) is 4.11. The van der Waals surface area contributed by atoms with Crippen LogP contribution in [-0.4, -0.2) is 49.3 Å². The van der Waals surface area contributed by atoms with Crippen LogP contribution >= 0.6 is 0 Å². The first-order valence-corrected chi connectivity index (χ1v) is 10.1. The second-order valence-electron chi connectivity index (χ2n) is 6.93. The van der Waals surface area contributed by atoms with Crippen LogP contribution in [0.15, 0.2) is 0 Å². The highest BCUT2D eigenvalue weighted by molar-refractivity contribution is 5.74. The zero-order valence-electron chi connectivity index (χ0n) is 18.4. The van der Waals surface area contributed by atoms with Crippen molar-refractivity contribution >= 4 is 23.6 Å². The van der Waals surface area contributed by atoms with E-state index in [-0.39, 0.29) is 29.7 Å². The maximum absolute atomic E-state index is 10.8. The fourth-order valence-corrected chi connectivity index (χ4v) is 2.38. The van der Waals surface area contributed by atoms with Crippen molar-refractivity contribution in [2.75, 3.05) is 19.6 Å². The first-order chi connectivity index (χ1) is 13.1. The number of rotatable bonds is 12. The molecule has 164 valence electrons. The van der Waals surface area contributed by atoms with Gasteiger partial charge in [0.15, 0.2) is 0 Å². The van der Waals surface area contributed by atoms with Crippen molar-refractivity contribution < 1.29 is 19.2 Å². The van der Waals surface area contributed by atoms with Gasteiger partial charge in [0.05, 0.1) is 0 Å². The summed E-state index contributed by atoms with van der Waals surface area (Å²) in [7, 11) is 0. The van der Waals surface area contributed by atoms with Crippen molar-refractivity contribution in [1.29, 1.82) is 0 Å². The van der Waals surface area contributed by atoms with E-state index in [1.54, 1.807) is 6.92 Å². The maximum atomic E-state index is 10.8. The van der Waals surface area contributed by atoms with E-state index in [4.69, 9.17) is 0 Å². The predicted molar refractivity (Wildman–Crippen MR) is 112 cm³/mol. The smallest absolute Gasteiger partial charge is 0.217 e. The van der Waals surface area contributed by atoms with Crippen molar-refractivity contribution in [2.45, 2.75) is 79.7 Å². The summed E-state index contributed by atoms with van der Waals surface area (Å²) in [4.78, 5) is 42.6. The van der Waals surface area contributed by atoms with Crippen LogP contribution in [0.1, 0.15) is 73.6 Å². The van der Waals surface area contributed by atoms with Gasteiger partial charge in [-0.2, -0.15) is 0 Å². The minimum Gasteiger partial charge on any atom is -0.356 e. The molecule has 0 saturated carbocycles. The molecule has 1 atom stereocenters. The topological polar surface area (TPSA) is 116 Å². The Morgan fingerprint density at radius 3 is 1.54 bits per heavy atom.